The van der Waals surface area contributed by atoms with E-state index in [2.05, 4.69) is 72.0 Å². The van der Waals surface area contributed by atoms with Crippen LogP contribution in [0.2, 0.25) is 0 Å². The number of likely N-dealkylation sites (tertiary alicyclic amines) is 1. The van der Waals surface area contributed by atoms with E-state index in [1.165, 1.54) is 29.1 Å². The van der Waals surface area contributed by atoms with Crippen LogP contribution in [-0.4, -0.2) is 42.0 Å². The Morgan fingerprint density at radius 2 is 1.97 bits per heavy atom. The Morgan fingerprint density at radius 1 is 1.23 bits per heavy atom. The highest BCUT2D eigenvalue weighted by molar-refractivity contribution is 14.0. The summed E-state index contributed by atoms with van der Waals surface area (Å²) in [5, 5.41) is 10.4. The van der Waals surface area contributed by atoms with Crippen molar-refractivity contribution in [3.05, 3.63) is 52.0 Å². The van der Waals surface area contributed by atoms with Gasteiger partial charge in [0.1, 0.15) is 0 Å². The predicted octanol–water partition coefficient (Wildman–Crippen LogP) is 4.85. The zero-order chi connectivity index (χ0) is 20.5. The van der Waals surface area contributed by atoms with Crippen molar-refractivity contribution in [3.8, 4) is 0 Å². The summed E-state index contributed by atoms with van der Waals surface area (Å²) in [6, 6.07) is 10.8. The van der Waals surface area contributed by atoms with Crippen LogP contribution in [0.25, 0.3) is 0 Å². The van der Waals surface area contributed by atoms with Gasteiger partial charge >= 0.3 is 0 Å². The molecule has 30 heavy (non-hydrogen) atoms. The maximum Gasteiger partial charge on any atom is 0.191 e. The second kappa shape index (κ2) is 13.3. The standard InChI is InChI=1S/C23H35N5S.HI/c1-4-22-27-21(17-29-22)16-28-13-11-19(12-14-28)15-25-23(24-5-2)26-18(3)20-9-7-6-8-10-20;/h6-10,17-19H,4-5,11-16H2,1-3H3,(H2,24,25,26);1H. The van der Waals surface area contributed by atoms with Crippen molar-refractivity contribution in [2.75, 3.05) is 26.2 Å². The first-order valence-electron chi connectivity index (χ1n) is 10.9. The number of aromatic nitrogens is 1. The summed E-state index contributed by atoms with van der Waals surface area (Å²) in [5.74, 6) is 1.58. The molecule has 1 atom stereocenters. The van der Waals surface area contributed by atoms with E-state index in [4.69, 9.17) is 9.98 Å². The number of rotatable bonds is 8. The van der Waals surface area contributed by atoms with E-state index in [1.807, 2.05) is 0 Å². The molecule has 0 bridgehead atoms. The Hall–Kier alpha value is -1.19. The number of aliphatic imine (C=N–C) groups is 1. The lowest BCUT2D eigenvalue weighted by Gasteiger charge is -2.31. The summed E-state index contributed by atoms with van der Waals surface area (Å²) in [5.41, 5.74) is 2.51. The molecule has 1 fully saturated rings. The highest BCUT2D eigenvalue weighted by Crippen LogP contribution is 2.20. The molecule has 0 spiro atoms. The highest BCUT2D eigenvalue weighted by Gasteiger charge is 2.20. The second-order valence-electron chi connectivity index (χ2n) is 7.80. The first-order chi connectivity index (χ1) is 14.2. The van der Waals surface area contributed by atoms with Crippen LogP contribution in [0.1, 0.15) is 55.9 Å². The molecule has 1 aromatic heterocycles. The maximum absolute atomic E-state index is 4.89. The molecule has 166 valence electrons. The number of guanidine groups is 1. The molecular weight excluding hydrogens is 505 g/mol. The number of piperidine rings is 1. The van der Waals surface area contributed by atoms with Gasteiger partial charge in [-0.1, -0.05) is 37.3 Å². The maximum atomic E-state index is 4.89. The van der Waals surface area contributed by atoms with Crippen LogP contribution in [0.5, 0.6) is 0 Å². The summed E-state index contributed by atoms with van der Waals surface area (Å²) < 4.78 is 0. The van der Waals surface area contributed by atoms with Crippen LogP contribution >= 0.6 is 35.3 Å². The average molecular weight is 542 g/mol. The smallest absolute Gasteiger partial charge is 0.191 e. The molecule has 2 aromatic rings. The van der Waals surface area contributed by atoms with E-state index in [1.54, 1.807) is 11.3 Å². The number of hydrogen-bond acceptors (Lipinski definition) is 4. The van der Waals surface area contributed by atoms with Crippen LogP contribution in [-0.2, 0) is 13.0 Å². The number of nitrogens with zero attached hydrogens (tertiary/aromatic N) is 3. The monoisotopic (exact) mass is 541 g/mol. The van der Waals surface area contributed by atoms with E-state index < -0.39 is 0 Å². The van der Waals surface area contributed by atoms with Gasteiger partial charge in [-0.05, 0) is 57.7 Å². The van der Waals surface area contributed by atoms with Crippen LogP contribution in [0.3, 0.4) is 0 Å². The van der Waals surface area contributed by atoms with E-state index in [0.717, 1.165) is 45.1 Å². The van der Waals surface area contributed by atoms with Crippen molar-refractivity contribution in [1.29, 1.82) is 0 Å². The molecule has 7 heteroatoms. The third-order valence-electron chi connectivity index (χ3n) is 5.50. The first kappa shape index (κ1) is 25.1. The molecule has 2 heterocycles. The molecule has 1 saturated heterocycles. The van der Waals surface area contributed by atoms with Gasteiger partial charge < -0.3 is 10.6 Å². The third-order valence-corrected chi connectivity index (χ3v) is 6.54. The molecule has 2 N–H and O–H groups in total. The lowest BCUT2D eigenvalue weighted by Crippen LogP contribution is -2.39. The van der Waals surface area contributed by atoms with E-state index >= 15 is 0 Å². The summed E-state index contributed by atoms with van der Waals surface area (Å²) >= 11 is 1.79. The van der Waals surface area contributed by atoms with Gasteiger partial charge in [0.05, 0.1) is 16.7 Å². The molecule has 1 aliphatic rings. The van der Waals surface area contributed by atoms with Crippen LogP contribution in [0, 0.1) is 5.92 Å². The Bertz CT molecular complexity index is 756. The SMILES string of the molecule is CCNC(=NCC1CCN(Cc2csc(CC)n2)CC1)NC(C)c1ccccc1.I. The minimum Gasteiger partial charge on any atom is -0.357 e. The quantitative estimate of drug-likeness (QED) is 0.285. The first-order valence-corrected chi connectivity index (χ1v) is 11.8. The van der Waals surface area contributed by atoms with Crippen LogP contribution in [0.4, 0.5) is 0 Å². The number of thiazole rings is 1. The molecular formula is C23H36IN5S. The fourth-order valence-electron chi connectivity index (χ4n) is 3.71. The Balaban J connectivity index is 0.00000320. The van der Waals surface area contributed by atoms with Crippen LogP contribution < -0.4 is 10.6 Å². The number of halogens is 1. The largest absolute Gasteiger partial charge is 0.357 e. The summed E-state index contributed by atoms with van der Waals surface area (Å²) in [7, 11) is 0. The van der Waals surface area contributed by atoms with Gasteiger partial charge in [-0.15, -0.1) is 35.3 Å². The average Bonchev–Trinajstić information content (AvgIpc) is 3.21. The number of nitrogens with one attached hydrogen (secondary N) is 2. The van der Waals surface area contributed by atoms with Gasteiger partial charge in [0.25, 0.3) is 0 Å². The minimum absolute atomic E-state index is 0. The molecule has 0 saturated carbocycles. The molecule has 1 unspecified atom stereocenters. The van der Waals surface area contributed by atoms with Crippen molar-refractivity contribution < 1.29 is 0 Å². The molecule has 1 aliphatic heterocycles. The Morgan fingerprint density at radius 3 is 2.60 bits per heavy atom. The molecule has 1 aromatic carbocycles. The number of benzene rings is 1. The number of hydrogen-bond donors (Lipinski definition) is 2. The van der Waals surface area contributed by atoms with Gasteiger partial charge in [-0.2, -0.15) is 0 Å². The van der Waals surface area contributed by atoms with Gasteiger partial charge in [0, 0.05) is 25.0 Å². The molecule has 0 amide bonds. The van der Waals surface area contributed by atoms with Crippen molar-refractivity contribution in [2.45, 2.75) is 52.6 Å². The lowest BCUT2D eigenvalue weighted by atomic mass is 9.97. The van der Waals surface area contributed by atoms with Gasteiger partial charge in [0.2, 0.25) is 0 Å². The fourth-order valence-corrected chi connectivity index (χ4v) is 4.45. The zero-order valence-electron chi connectivity index (χ0n) is 18.4. The predicted molar refractivity (Wildman–Crippen MR) is 139 cm³/mol. The lowest BCUT2D eigenvalue weighted by molar-refractivity contribution is 0.179. The van der Waals surface area contributed by atoms with Gasteiger partial charge in [-0.3, -0.25) is 9.89 Å². The van der Waals surface area contributed by atoms with E-state index in [9.17, 15) is 0 Å². The zero-order valence-corrected chi connectivity index (χ0v) is 21.6. The summed E-state index contributed by atoms with van der Waals surface area (Å²) in [6.07, 6.45) is 3.46. The third kappa shape index (κ3) is 7.81. The molecule has 0 aliphatic carbocycles. The van der Waals surface area contributed by atoms with E-state index in [-0.39, 0.29) is 30.0 Å². The van der Waals surface area contributed by atoms with Crippen molar-refractivity contribution in [3.63, 3.8) is 0 Å². The summed E-state index contributed by atoms with van der Waals surface area (Å²) in [4.78, 5) is 12.1. The number of aryl methyl sites for hydroxylation is 1. The molecule has 0 radical (unpaired) electrons. The molecule has 3 rings (SSSR count). The normalized spacial score (nSPS) is 16.7. The minimum atomic E-state index is 0. The highest BCUT2D eigenvalue weighted by atomic mass is 127. The van der Waals surface area contributed by atoms with Gasteiger partial charge in [-0.25, -0.2) is 4.98 Å². The van der Waals surface area contributed by atoms with Crippen molar-refractivity contribution >= 4 is 41.3 Å². The molecule has 5 nitrogen and oxygen atoms in total. The fraction of sp³-hybridized carbons (Fsp3) is 0.565. The van der Waals surface area contributed by atoms with Gasteiger partial charge in [0.15, 0.2) is 5.96 Å². The van der Waals surface area contributed by atoms with E-state index in [0.29, 0.717) is 5.92 Å². The topological polar surface area (TPSA) is 52.6 Å². The van der Waals surface area contributed by atoms with Crippen LogP contribution in [0.15, 0.2) is 40.7 Å². The second-order valence-corrected chi connectivity index (χ2v) is 8.74. The Labute approximate surface area is 202 Å². The summed E-state index contributed by atoms with van der Waals surface area (Å²) in [6.45, 7) is 11.5. The van der Waals surface area contributed by atoms with Crippen molar-refractivity contribution in [1.82, 2.24) is 20.5 Å². The van der Waals surface area contributed by atoms with Crippen molar-refractivity contribution in [2.24, 2.45) is 10.9 Å². The Kier molecular flexibility index (Phi) is 11.1.